The summed E-state index contributed by atoms with van der Waals surface area (Å²) in [6, 6.07) is 4.90. The SMILES string of the molecule is CC(Oc1ccccc1C(F)(F)F)C(=O)NCCC1CCCNC1.Cl. The molecule has 0 saturated carbocycles. The summed E-state index contributed by atoms with van der Waals surface area (Å²) in [5.41, 5.74) is -0.877. The van der Waals surface area contributed by atoms with Crippen LogP contribution in [0.25, 0.3) is 0 Å². The summed E-state index contributed by atoms with van der Waals surface area (Å²) in [7, 11) is 0. The topological polar surface area (TPSA) is 50.4 Å². The van der Waals surface area contributed by atoms with E-state index >= 15 is 0 Å². The minimum atomic E-state index is -4.51. The van der Waals surface area contributed by atoms with Gasteiger partial charge in [0.2, 0.25) is 0 Å². The maximum atomic E-state index is 12.9. The number of para-hydroxylation sites is 1. The van der Waals surface area contributed by atoms with Crippen molar-refractivity contribution in [1.29, 1.82) is 0 Å². The average molecular weight is 381 g/mol. The van der Waals surface area contributed by atoms with Crippen LogP contribution in [-0.4, -0.2) is 31.6 Å². The highest BCUT2D eigenvalue weighted by atomic mass is 35.5. The molecule has 1 aliphatic heterocycles. The quantitative estimate of drug-likeness (QED) is 0.795. The predicted molar refractivity (Wildman–Crippen MR) is 92.0 cm³/mol. The molecular formula is C17H24ClF3N2O2. The molecule has 1 aromatic rings. The Morgan fingerprint density at radius 3 is 2.76 bits per heavy atom. The first kappa shape index (κ1) is 21.6. The molecule has 0 aliphatic carbocycles. The minimum Gasteiger partial charge on any atom is -0.480 e. The Labute approximate surface area is 151 Å². The van der Waals surface area contributed by atoms with E-state index in [9.17, 15) is 18.0 Å². The number of piperidine rings is 1. The van der Waals surface area contributed by atoms with E-state index < -0.39 is 23.8 Å². The Kier molecular flexibility index (Phi) is 8.52. The van der Waals surface area contributed by atoms with Crippen LogP contribution in [-0.2, 0) is 11.0 Å². The molecule has 1 heterocycles. The fourth-order valence-electron chi connectivity index (χ4n) is 2.76. The van der Waals surface area contributed by atoms with Gasteiger partial charge in [-0.25, -0.2) is 0 Å². The van der Waals surface area contributed by atoms with Gasteiger partial charge in [-0.1, -0.05) is 12.1 Å². The Hall–Kier alpha value is -1.47. The number of carbonyl (C=O) groups is 1. The zero-order valence-corrected chi connectivity index (χ0v) is 14.9. The van der Waals surface area contributed by atoms with Gasteiger partial charge in [0.05, 0.1) is 5.56 Å². The molecule has 2 atom stereocenters. The second-order valence-corrected chi connectivity index (χ2v) is 6.05. The molecular weight excluding hydrogens is 357 g/mol. The first-order valence-electron chi connectivity index (χ1n) is 8.19. The van der Waals surface area contributed by atoms with Crippen molar-refractivity contribution in [2.45, 2.75) is 38.5 Å². The molecule has 1 amide bonds. The third-order valence-corrected chi connectivity index (χ3v) is 4.12. The second-order valence-electron chi connectivity index (χ2n) is 6.05. The second kappa shape index (κ2) is 9.87. The number of amides is 1. The highest BCUT2D eigenvalue weighted by Crippen LogP contribution is 2.36. The first-order chi connectivity index (χ1) is 11.4. The van der Waals surface area contributed by atoms with Crippen molar-refractivity contribution >= 4 is 18.3 Å². The van der Waals surface area contributed by atoms with Crippen molar-refractivity contribution in [2.75, 3.05) is 19.6 Å². The van der Waals surface area contributed by atoms with Crippen molar-refractivity contribution < 1.29 is 22.7 Å². The normalized spacial score (nSPS) is 18.8. The Balaban J connectivity index is 0.00000312. The number of halogens is 4. The molecule has 142 valence electrons. The van der Waals surface area contributed by atoms with Crippen molar-refractivity contribution in [3.05, 3.63) is 29.8 Å². The average Bonchev–Trinajstić information content (AvgIpc) is 2.55. The van der Waals surface area contributed by atoms with E-state index in [1.807, 2.05) is 0 Å². The van der Waals surface area contributed by atoms with Crippen molar-refractivity contribution in [3.63, 3.8) is 0 Å². The monoisotopic (exact) mass is 380 g/mol. The summed E-state index contributed by atoms with van der Waals surface area (Å²) in [6.45, 7) is 3.93. The van der Waals surface area contributed by atoms with Crippen LogP contribution in [0.3, 0.4) is 0 Å². The molecule has 1 aromatic carbocycles. The summed E-state index contributed by atoms with van der Waals surface area (Å²) >= 11 is 0. The van der Waals surface area contributed by atoms with Crippen molar-refractivity contribution in [1.82, 2.24) is 10.6 Å². The van der Waals surface area contributed by atoms with Gasteiger partial charge in [-0.2, -0.15) is 13.2 Å². The van der Waals surface area contributed by atoms with Gasteiger partial charge in [0.1, 0.15) is 5.75 Å². The van der Waals surface area contributed by atoms with Crippen LogP contribution >= 0.6 is 12.4 Å². The number of hydrogen-bond acceptors (Lipinski definition) is 3. The van der Waals surface area contributed by atoms with Gasteiger partial charge in [-0.05, 0) is 57.3 Å². The fourth-order valence-corrected chi connectivity index (χ4v) is 2.76. The van der Waals surface area contributed by atoms with E-state index in [2.05, 4.69) is 10.6 Å². The standard InChI is InChI=1S/C17H23F3N2O2.ClH/c1-12(16(23)22-10-8-13-5-4-9-21-11-13)24-15-7-3-2-6-14(15)17(18,19)20;/h2-3,6-7,12-13,21H,4-5,8-11H2,1H3,(H,22,23);1H. The number of alkyl halides is 3. The minimum absolute atomic E-state index is 0. The largest absolute Gasteiger partial charge is 0.480 e. The molecule has 8 heteroatoms. The van der Waals surface area contributed by atoms with E-state index in [1.165, 1.54) is 25.1 Å². The van der Waals surface area contributed by atoms with Crippen LogP contribution in [0, 0.1) is 5.92 Å². The zero-order chi connectivity index (χ0) is 17.6. The lowest BCUT2D eigenvalue weighted by molar-refractivity contribution is -0.140. The predicted octanol–water partition coefficient (Wildman–Crippen LogP) is 3.40. The third-order valence-electron chi connectivity index (χ3n) is 4.12. The number of nitrogens with one attached hydrogen (secondary N) is 2. The number of benzene rings is 1. The highest BCUT2D eigenvalue weighted by molar-refractivity contribution is 5.85. The maximum Gasteiger partial charge on any atom is 0.419 e. The van der Waals surface area contributed by atoms with Crippen LogP contribution in [0.1, 0.15) is 31.7 Å². The molecule has 25 heavy (non-hydrogen) atoms. The van der Waals surface area contributed by atoms with Crippen LogP contribution in [0.4, 0.5) is 13.2 Å². The van der Waals surface area contributed by atoms with Gasteiger partial charge in [-0.15, -0.1) is 12.4 Å². The molecule has 0 aromatic heterocycles. The first-order valence-corrected chi connectivity index (χ1v) is 8.19. The smallest absolute Gasteiger partial charge is 0.419 e. The summed E-state index contributed by atoms with van der Waals surface area (Å²) < 4.78 is 44.0. The van der Waals surface area contributed by atoms with Gasteiger partial charge in [0.15, 0.2) is 6.10 Å². The molecule has 0 spiro atoms. The molecule has 2 unspecified atom stereocenters. The van der Waals surface area contributed by atoms with E-state index in [-0.39, 0.29) is 18.2 Å². The molecule has 2 N–H and O–H groups in total. The van der Waals surface area contributed by atoms with Gasteiger partial charge in [0.25, 0.3) is 5.91 Å². The lowest BCUT2D eigenvalue weighted by Crippen LogP contribution is -2.39. The van der Waals surface area contributed by atoms with Crippen LogP contribution in [0.2, 0.25) is 0 Å². The third kappa shape index (κ3) is 6.74. The Bertz CT molecular complexity index is 549. The Morgan fingerprint density at radius 2 is 2.12 bits per heavy atom. The van der Waals surface area contributed by atoms with E-state index in [4.69, 9.17) is 4.74 Å². The van der Waals surface area contributed by atoms with Crippen molar-refractivity contribution in [2.24, 2.45) is 5.92 Å². The lowest BCUT2D eigenvalue weighted by Gasteiger charge is -2.23. The molecule has 4 nitrogen and oxygen atoms in total. The summed E-state index contributed by atoms with van der Waals surface area (Å²) in [6.07, 6.45) is -2.39. The number of hydrogen-bond donors (Lipinski definition) is 2. The number of carbonyl (C=O) groups excluding carboxylic acids is 1. The van der Waals surface area contributed by atoms with E-state index in [0.29, 0.717) is 12.5 Å². The van der Waals surface area contributed by atoms with Gasteiger partial charge in [0, 0.05) is 6.54 Å². The molecule has 1 fully saturated rings. The highest BCUT2D eigenvalue weighted by Gasteiger charge is 2.34. The Morgan fingerprint density at radius 1 is 1.40 bits per heavy atom. The van der Waals surface area contributed by atoms with Gasteiger partial charge < -0.3 is 15.4 Å². The summed E-state index contributed by atoms with van der Waals surface area (Å²) in [5, 5.41) is 6.04. The maximum absolute atomic E-state index is 12.9. The lowest BCUT2D eigenvalue weighted by atomic mass is 9.96. The molecule has 2 rings (SSSR count). The van der Waals surface area contributed by atoms with Crippen molar-refractivity contribution in [3.8, 4) is 5.75 Å². The molecule has 0 radical (unpaired) electrons. The molecule has 1 aliphatic rings. The zero-order valence-electron chi connectivity index (χ0n) is 14.1. The molecule has 0 bridgehead atoms. The van der Waals surface area contributed by atoms with E-state index in [1.54, 1.807) is 0 Å². The fraction of sp³-hybridized carbons (Fsp3) is 0.588. The summed E-state index contributed by atoms with van der Waals surface area (Å²) in [4.78, 5) is 12.0. The summed E-state index contributed by atoms with van der Waals surface area (Å²) in [5.74, 6) is -0.207. The van der Waals surface area contributed by atoms with Crippen LogP contribution in [0.5, 0.6) is 5.75 Å². The van der Waals surface area contributed by atoms with Gasteiger partial charge in [-0.3, -0.25) is 4.79 Å². The van der Waals surface area contributed by atoms with Gasteiger partial charge >= 0.3 is 6.18 Å². The molecule has 1 saturated heterocycles. The van der Waals surface area contributed by atoms with Crippen LogP contribution in [0.15, 0.2) is 24.3 Å². The van der Waals surface area contributed by atoms with E-state index in [0.717, 1.165) is 38.4 Å². The number of rotatable bonds is 6. The number of ether oxygens (including phenoxy) is 1. The van der Waals surface area contributed by atoms with Crippen LogP contribution < -0.4 is 15.4 Å².